The van der Waals surface area contributed by atoms with Crippen LogP contribution in [0.2, 0.25) is 5.02 Å². The highest BCUT2D eigenvalue weighted by atomic mass is 35.5. The van der Waals surface area contributed by atoms with Crippen LogP contribution in [0.5, 0.6) is 5.75 Å². The average molecular weight is 424 g/mol. The second kappa shape index (κ2) is 12.3. The van der Waals surface area contributed by atoms with Gasteiger partial charge in [0.2, 0.25) is 5.91 Å². The SMILES string of the molecule is COCCNC(=O)CSc1ccccc1C(=O)OCCOc1cccc(Cl)c1. The van der Waals surface area contributed by atoms with Gasteiger partial charge in [0.1, 0.15) is 19.0 Å². The van der Waals surface area contributed by atoms with Crippen LogP contribution in [0.15, 0.2) is 53.4 Å². The van der Waals surface area contributed by atoms with Crippen LogP contribution in [0.25, 0.3) is 0 Å². The first-order valence-corrected chi connectivity index (χ1v) is 9.99. The zero-order valence-corrected chi connectivity index (χ0v) is 17.1. The third-order valence-electron chi connectivity index (χ3n) is 3.48. The molecule has 28 heavy (non-hydrogen) atoms. The molecule has 0 fully saturated rings. The molecule has 2 aromatic carbocycles. The van der Waals surface area contributed by atoms with Crippen LogP contribution in [0.3, 0.4) is 0 Å². The molecular weight excluding hydrogens is 402 g/mol. The third-order valence-corrected chi connectivity index (χ3v) is 4.78. The second-order valence-corrected chi connectivity index (χ2v) is 7.02. The molecule has 6 nitrogen and oxygen atoms in total. The minimum atomic E-state index is -0.461. The first-order chi connectivity index (χ1) is 13.6. The molecule has 150 valence electrons. The van der Waals surface area contributed by atoms with Crippen molar-refractivity contribution in [1.29, 1.82) is 0 Å². The number of esters is 1. The molecule has 2 aromatic rings. The van der Waals surface area contributed by atoms with Crippen LogP contribution in [-0.2, 0) is 14.3 Å². The number of benzene rings is 2. The van der Waals surface area contributed by atoms with Crippen LogP contribution >= 0.6 is 23.4 Å². The number of halogens is 1. The molecular formula is C20H22ClNO5S. The summed E-state index contributed by atoms with van der Waals surface area (Å²) in [7, 11) is 1.57. The Labute approximate surface area is 173 Å². The minimum absolute atomic E-state index is 0.0991. The van der Waals surface area contributed by atoms with Gasteiger partial charge in [0.15, 0.2) is 0 Å². The van der Waals surface area contributed by atoms with E-state index in [9.17, 15) is 9.59 Å². The van der Waals surface area contributed by atoms with Crippen molar-refractivity contribution < 1.29 is 23.8 Å². The lowest BCUT2D eigenvalue weighted by molar-refractivity contribution is -0.118. The van der Waals surface area contributed by atoms with E-state index < -0.39 is 5.97 Å². The first kappa shape index (κ1) is 22.1. The predicted molar refractivity (Wildman–Crippen MR) is 109 cm³/mol. The van der Waals surface area contributed by atoms with Crippen LogP contribution in [0, 0.1) is 0 Å². The van der Waals surface area contributed by atoms with Crippen LogP contribution in [0.1, 0.15) is 10.4 Å². The van der Waals surface area contributed by atoms with Gasteiger partial charge in [-0.15, -0.1) is 11.8 Å². The molecule has 0 saturated heterocycles. The number of hydrogen-bond acceptors (Lipinski definition) is 6. The fraction of sp³-hybridized carbons (Fsp3) is 0.300. The Bertz CT molecular complexity index is 787. The molecule has 0 radical (unpaired) electrons. The lowest BCUT2D eigenvalue weighted by atomic mass is 10.2. The summed E-state index contributed by atoms with van der Waals surface area (Å²) in [6.07, 6.45) is 0. The van der Waals surface area contributed by atoms with Gasteiger partial charge in [0, 0.05) is 23.6 Å². The highest BCUT2D eigenvalue weighted by molar-refractivity contribution is 8.00. The van der Waals surface area contributed by atoms with Gasteiger partial charge in [-0.2, -0.15) is 0 Å². The standard InChI is InChI=1S/C20H22ClNO5S/c1-25-10-9-22-19(23)14-28-18-8-3-2-7-17(18)20(24)27-12-11-26-16-6-4-5-15(21)13-16/h2-8,13H,9-12,14H2,1H3,(H,22,23). The number of carbonyl (C=O) groups excluding carboxylic acids is 2. The number of carbonyl (C=O) groups is 2. The number of hydrogen-bond donors (Lipinski definition) is 1. The maximum Gasteiger partial charge on any atom is 0.339 e. The number of rotatable bonds is 11. The maximum absolute atomic E-state index is 12.4. The Morgan fingerprint density at radius 1 is 1.07 bits per heavy atom. The van der Waals surface area contributed by atoms with E-state index >= 15 is 0 Å². The van der Waals surface area contributed by atoms with E-state index in [4.69, 9.17) is 25.8 Å². The van der Waals surface area contributed by atoms with E-state index in [2.05, 4.69) is 5.32 Å². The zero-order chi connectivity index (χ0) is 20.2. The molecule has 0 spiro atoms. The van der Waals surface area contributed by atoms with Gasteiger partial charge < -0.3 is 19.5 Å². The number of nitrogens with one attached hydrogen (secondary N) is 1. The number of methoxy groups -OCH3 is 1. The first-order valence-electron chi connectivity index (χ1n) is 8.63. The normalized spacial score (nSPS) is 10.4. The topological polar surface area (TPSA) is 73.9 Å². The lowest BCUT2D eigenvalue weighted by Crippen LogP contribution is -2.28. The van der Waals surface area contributed by atoms with E-state index in [1.807, 2.05) is 6.07 Å². The molecule has 0 aliphatic carbocycles. The van der Waals surface area contributed by atoms with Gasteiger partial charge in [-0.05, 0) is 30.3 Å². The summed E-state index contributed by atoms with van der Waals surface area (Å²) in [5.74, 6) is 0.225. The molecule has 0 aliphatic rings. The Morgan fingerprint density at radius 2 is 1.89 bits per heavy atom. The molecule has 0 unspecified atom stereocenters. The molecule has 0 saturated carbocycles. The second-order valence-electron chi connectivity index (χ2n) is 5.57. The fourth-order valence-corrected chi connectivity index (χ4v) is 3.23. The van der Waals surface area contributed by atoms with Gasteiger partial charge in [0.05, 0.1) is 17.9 Å². The van der Waals surface area contributed by atoms with E-state index in [1.165, 1.54) is 11.8 Å². The van der Waals surface area contributed by atoms with Crippen molar-refractivity contribution in [2.45, 2.75) is 4.90 Å². The number of thioether (sulfide) groups is 1. The predicted octanol–water partition coefficient (Wildman–Crippen LogP) is 3.43. The highest BCUT2D eigenvalue weighted by Gasteiger charge is 2.14. The fourth-order valence-electron chi connectivity index (χ4n) is 2.18. The van der Waals surface area contributed by atoms with E-state index in [-0.39, 0.29) is 24.9 Å². The zero-order valence-electron chi connectivity index (χ0n) is 15.5. The number of ether oxygens (including phenoxy) is 3. The largest absolute Gasteiger partial charge is 0.490 e. The quantitative estimate of drug-likeness (QED) is 0.339. The molecule has 0 heterocycles. The molecule has 1 N–H and O–H groups in total. The van der Waals surface area contributed by atoms with E-state index in [0.29, 0.717) is 34.4 Å². The lowest BCUT2D eigenvalue weighted by Gasteiger charge is -2.10. The van der Waals surface area contributed by atoms with E-state index in [0.717, 1.165) is 0 Å². The van der Waals surface area contributed by atoms with Gasteiger partial charge in [0.25, 0.3) is 0 Å². The Morgan fingerprint density at radius 3 is 2.68 bits per heavy atom. The van der Waals surface area contributed by atoms with Crippen molar-refractivity contribution in [1.82, 2.24) is 5.32 Å². The van der Waals surface area contributed by atoms with Crippen LogP contribution < -0.4 is 10.1 Å². The third kappa shape index (κ3) is 7.80. The summed E-state index contributed by atoms with van der Waals surface area (Å²) in [5, 5.41) is 3.31. The summed E-state index contributed by atoms with van der Waals surface area (Å²) in [6.45, 7) is 1.22. The summed E-state index contributed by atoms with van der Waals surface area (Å²) >= 11 is 7.17. The van der Waals surface area contributed by atoms with Crippen molar-refractivity contribution in [3.8, 4) is 5.75 Å². The van der Waals surface area contributed by atoms with Crippen LogP contribution in [-0.4, -0.2) is 51.1 Å². The average Bonchev–Trinajstić information content (AvgIpc) is 2.70. The van der Waals surface area contributed by atoms with Crippen molar-refractivity contribution in [3.63, 3.8) is 0 Å². The minimum Gasteiger partial charge on any atom is -0.490 e. The van der Waals surface area contributed by atoms with Crippen LogP contribution in [0.4, 0.5) is 0 Å². The van der Waals surface area contributed by atoms with Crippen molar-refractivity contribution in [2.24, 2.45) is 0 Å². The van der Waals surface area contributed by atoms with Crippen molar-refractivity contribution in [3.05, 3.63) is 59.1 Å². The molecule has 8 heteroatoms. The van der Waals surface area contributed by atoms with Gasteiger partial charge in [-0.1, -0.05) is 29.8 Å². The van der Waals surface area contributed by atoms with Gasteiger partial charge in [-0.25, -0.2) is 4.79 Å². The summed E-state index contributed by atoms with van der Waals surface area (Å²) in [4.78, 5) is 24.9. The molecule has 0 aliphatic heterocycles. The Hall–Kier alpha value is -2.22. The van der Waals surface area contributed by atoms with E-state index in [1.54, 1.807) is 49.6 Å². The molecule has 0 bridgehead atoms. The molecule has 1 amide bonds. The maximum atomic E-state index is 12.4. The van der Waals surface area contributed by atoms with Crippen molar-refractivity contribution in [2.75, 3.05) is 39.2 Å². The monoisotopic (exact) mass is 423 g/mol. The van der Waals surface area contributed by atoms with Gasteiger partial charge >= 0.3 is 5.97 Å². The van der Waals surface area contributed by atoms with Crippen molar-refractivity contribution >= 4 is 35.2 Å². The molecule has 0 aromatic heterocycles. The highest BCUT2D eigenvalue weighted by Crippen LogP contribution is 2.23. The smallest absolute Gasteiger partial charge is 0.339 e. The molecule has 2 rings (SSSR count). The summed E-state index contributed by atoms with van der Waals surface area (Å²) < 4.78 is 15.7. The summed E-state index contributed by atoms with van der Waals surface area (Å²) in [6, 6.07) is 14.0. The Kier molecular flexibility index (Phi) is 9.68. The summed E-state index contributed by atoms with van der Waals surface area (Å²) in [5.41, 5.74) is 0.417. The molecule has 0 atom stereocenters. The van der Waals surface area contributed by atoms with Gasteiger partial charge in [-0.3, -0.25) is 4.79 Å². The number of amides is 1. The Balaban J connectivity index is 1.80.